The Hall–Kier alpha value is -2.88. The summed E-state index contributed by atoms with van der Waals surface area (Å²) in [6, 6.07) is 6.17. The van der Waals surface area contributed by atoms with Crippen LogP contribution >= 0.6 is 11.3 Å². The van der Waals surface area contributed by atoms with Crippen molar-refractivity contribution in [3.8, 4) is 5.75 Å². The molecule has 0 amide bonds. The fraction of sp³-hybridized carbons (Fsp3) is 0.440. The molecule has 0 bridgehead atoms. The second-order valence-electron chi connectivity index (χ2n) is 9.08. The zero-order chi connectivity index (χ0) is 23.3. The van der Waals surface area contributed by atoms with Crippen LogP contribution in [0.15, 0.2) is 53.3 Å². The van der Waals surface area contributed by atoms with Crippen LogP contribution in [-0.2, 0) is 0 Å². The zero-order valence-electron chi connectivity index (χ0n) is 19.7. The van der Waals surface area contributed by atoms with E-state index >= 15 is 0 Å². The second-order valence-corrected chi connectivity index (χ2v) is 9.95. The second kappa shape index (κ2) is 10.6. The number of piperazine rings is 1. The first-order chi connectivity index (χ1) is 16.7. The van der Waals surface area contributed by atoms with Crippen LogP contribution in [0.1, 0.15) is 26.2 Å². The maximum absolute atomic E-state index is 7.72. The number of hydrogen-bond acceptors (Lipinski definition) is 9. The van der Waals surface area contributed by atoms with Gasteiger partial charge in [0, 0.05) is 68.7 Å². The van der Waals surface area contributed by atoms with Crippen molar-refractivity contribution >= 4 is 34.1 Å². The molecule has 8 nitrogen and oxygen atoms in total. The van der Waals surface area contributed by atoms with Crippen molar-refractivity contribution in [2.24, 2.45) is 5.92 Å². The first-order valence-corrected chi connectivity index (χ1v) is 13.0. The largest absolute Gasteiger partial charge is 0.465 e. The number of hydrazine groups is 2. The number of nitrogens with one attached hydrogen (secondary N) is 3. The lowest BCUT2D eigenvalue weighted by Gasteiger charge is -2.34. The number of hydrogen-bond donors (Lipinski definition) is 3. The topological polar surface area (TPSA) is 79.8 Å². The Morgan fingerprint density at radius 1 is 1.24 bits per heavy atom. The van der Waals surface area contributed by atoms with Crippen LogP contribution in [-0.4, -0.2) is 55.4 Å². The van der Waals surface area contributed by atoms with Crippen molar-refractivity contribution in [1.82, 2.24) is 15.4 Å². The summed E-state index contributed by atoms with van der Waals surface area (Å²) in [5.74, 6) is 1.60. The first kappa shape index (κ1) is 22.9. The van der Waals surface area contributed by atoms with Crippen LogP contribution in [0, 0.1) is 11.3 Å². The highest BCUT2D eigenvalue weighted by Gasteiger charge is 2.28. The molecule has 1 saturated carbocycles. The predicted molar refractivity (Wildman–Crippen MR) is 140 cm³/mol. The molecule has 2 fully saturated rings. The van der Waals surface area contributed by atoms with E-state index in [0.717, 1.165) is 79.3 Å². The highest BCUT2D eigenvalue weighted by molar-refractivity contribution is 7.13. The molecule has 3 N–H and O–H groups in total. The Bertz CT molecular complexity index is 1040. The smallest absolute Gasteiger partial charge is 0.185 e. The third-order valence-corrected chi connectivity index (χ3v) is 7.33. The Balaban J connectivity index is 1.24. The van der Waals surface area contributed by atoms with Crippen molar-refractivity contribution in [3.63, 3.8) is 0 Å². The summed E-state index contributed by atoms with van der Waals surface area (Å²) in [6.45, 7) is 7.80. The van der Waals surface area contributed by atoms with Gasteiger partial charge in [-0.2, -0.15) is 0 Å². The lowest BCUT2D eigenvalue weighted by molar-refractivity contribution is 0.277. The molecule has 1 aromatic carbocycles. The normalized spacial score (nSPS) is 19.2. The summed E-state index contributed by atoms with van der Waals surface area (Å²) in [6.07, 6.45) is 10.7. The minimum absolute atomic E-state index is 0.795. The molecule has 0 spiro atoms. The Morgan fingerprint density at radius 2 is 2.09 bits per heavy atom. The summed E-state index contributed by atoms with van der Waals surface area (Å²) in [5, 5.41) is 13.0. The summed E-state index contributed by atoms with van der Waals surface area (Å²) >= 11 is 1.70. The van der Waals surface area contributed by atoms with E-state index in [2.05, 4.69) is 49.8 Å². The number of ether oxygens (including phenoxy) is 1. The minimum Gasteiger partial charge on any atom is -0.465 e. The van der Waals surface area contributed by atoms with Gasteiger partial charge in [0.25, 0.3) is 0 Å². The van der Waals surface area contributed by atoms with Gasteiger partial charge in [0.15, 0.2) is 5.13 Å². The number of nitrogens with zero attached hydrogens (tertiary/aromatic N) is 4. The third-order valence-electron chi connectivity index (χ3n) is 6.50. The molecule has 2 aromatic rings. The summed E-state index contributed by atoms with van der Waals surface area (Å²) in [5.41, 5.74) is 10.8. The molecule has 2 aliphatic heterocycles. The quantitative estimate of drug-likeness (QED) is 0.267. The van der Waals surface area contributed by atoms with Gasteiger partial charge in [-0.1, -0.05) is 6.92 Å². The Labute approximate surface area is 205 Å². The van der Waals surface area contributed by atoms with E-state index in [0.29, 0.717) is 0 Å². The lowest BCUT2D eigenvalue weighted by Crippen LogP contribution is -2.46. The molecule has 3 aliphatic rings. The number of allylic oxidation sites excluding steroid dienone is 1. The number of aromatic nitrogens is 1. The van der Waals surface area contributed by atoms with Crippen LogP contribution in [0.2, 0.25) is 0 Å². The Kier molecular flexibility index (Phi) is 7.13. The van der Waals surface area contributed by atoms with Crippen molar-refractivity contribution in [2.75, 3.05) is 54.6 Å². The van der Waals surface area contributed by atoms with Crippen molar-refractivity contribution in [2.45, 2.75) is 26.2 Å². The molecule has 5 rings (SSSR count). The lowest BCUT2D eigenvalue weighted by atomic mass is 10.1. The van der Waals surface area contributed by atoms with Gasteiger partial charge in [-0.25, -0.2) is 4.98 Å². The van der Waals surface area contributed by atoms with E-state index in [9.17, 15) is 0 Å². The molecule has 180 valence electrons. The average Bonchev–Trinajstić information content (AvgIpc) is 3.35. The molecule has 9 heteroatoms. The van der Waals surface area contributed by atoms with E-state index in [4.69, 9.17) is 10.1 Å². The SMILES string of the molecule is CC/C(C=N)=C/C(=C/Oc1ccc2c(c1)NNN2CC1CC1)CN1CCN(c2nccs2)CC1. The van der Waals surface area contributed by atoms with Crippen molar-refractivity contribution < 1.29 is 4.74 Å². The highest BCUT2D eigenvalue weighted by Crippen LogP contribution is 2.37. The van der Waals surface area contributed by atoms with Gasteiger partial charge in [0.1, 0.15) is 5.75 Å². The van der Waals surface area contributed by atoms with Crippen molar-refractivity contribution in [1.29, 1.82) is 5.41 Å². The molecule has 0 radical (unpaired) electrons. The standard InChI is InChI=1S/C25H33N7OS/c1-2-19(15-26)13-21(16-30-8-10-31(11-9-30)25-27-7-12-34-25)18-33-22-5-6-24-23(14-22)28-29-32(24)17-20-3-4-20/h5-7,12-15,18,20,26,28-29H,2-4,8-11,16-17H2,1H3/b19-13-,21-18-,26-15?. The molecule has 1 saturated heterocycles. The van der Waals surface area contributed by atoms with Gasteiger partial charge in [-0.15, -0.1) is 16.9 Å². The summed E-state index contributed by atoms with van der Waals surface area (Å²) < 4.78 is 6.12. The highest BCUT2D eigenvalue weighted by atomic mass is 32.1. The summed E-state index contributed by atoms with van der Waals surface area (Å²) in [7, 11) is 0. The fourth-order valence-electron chi connectivity index (χ4n) is 4.29. The van der Waals surface area contributed by atoms with E-state index in [1.165, 1.54) is 24.7 Å². The van der Waals surface area contributed by atoms with E-state index < -0.39 is 0 Å². The molecule has 34 heavy (non-hydrogen) atoms. The van der Waals surface area contributed by atoms with Crippen molar-refractivity contribution in [3.05, 3.63) is 53.3 Å². The number of anilines is 3. The number of rotatable bonds is 10. The van der Waals surface area contributed by atoms with Gasteiger partial charge in [-0.3, -0.25) is 9.91 Å². The monoisotopic (exact) mass is 479 g/mol. The van der Waals surface area contributed by atoms with E-state index in [1.54, 1.807) is 11.3 Å². The molecule has 3 heterocycles. The molecule has 1 aromatic heterocycles. The number of thiazole rings is 1. The van der Waals surface area contributed by atoms with Gasteiger partial charge in [0.2, 0.25) is 0 Å². The van der Waals surface area contributed by atoms with E-state index in [1.807, 2.05) is 30.0 Å². The maximum atomic E-state index is 7.72. The fourth-order valence-corrected chi connectivity index (χ4v) is 4.98. The molecule has 0 unspecified atom stereocenters. The third kappa shape index (κ3) is 5.60. The van der Waals surface area contributed by atoms with E-state index in [-0.39, 0.29) is 0 Å². The first-order valence-electron chi connectivity index (χ1n) is 12.1. The molecule has 1 aliphatic carbocycles. The average molecular weight is 480 g/mol. The minimum atomic E-state index is 0.795. The molecular weight excluding hydrogens is 446 g/mol. The van der Waals surface area contributed by atoms with Crippen LogP contribution in [0.25, 0.3) is 0 Å². The number of benzene rings is 1. The zero-order valence-corrected chi connectivity index (χ0v) is 20.5. The Morgan fingerprint density at radius 3 is 2.79 bits per heavy atom. The van der Waals surface area contributed by atoms with Crippen LogP contribution in [0.3, 0.4) is 0 Å². The van der Waals surface area contributed by atoms with Gasteiger partial charge < -0.3 is 20.5 Å². The molecule has 0 atom stereocenters. The summed E-state index contributed by atoms with van der Waals surface area (Å²) in [4.78, 5) is 9.24. The predicted octanol–water partition coefficient (Wildman–Crippen LogP) is 4.28. The van der Waals surface area contributed by atoms with Gasteiger partial charge in [0.05, 0.1) is 17.6 Å². The maximum Gasteiger partial charge on any atom is 0.185 e. The number of fused-ring (bicyclic) bond motifs is 1. The van der Waals surface area contributed by atoms with Gasteiger partial charge in [-0.05, 0) is 49.0 Å². The van der Waals surface area contributed by atoms with Gasteiger partial charge >= 0.3 is 0 Å². The molecular formula is C25H33N7OS. The van der Waals surface area contributed by atoms with Crippen LogP contribution < -0.4 is 25.6 Å². The van der Waals surface area contributed by atoms with Crippen LogP contribution in [0.5, 0.6) is 5.75 Å². The van der Waals surface area contributed by atoms with Crippen LogP contribution in [0.4, 0.5) is 16.5 Å².